The van der Waals surface area contributed by atoms with Gasteiger partial charge >= 0.3 is 0 Å². The summed E-state index contributed by atoms with van der Waals surface area (Å²) in [6.45, 7) is 7.56. The number of hydrogen-bond donors (Lipinski definition) is 2. The monoisotopic (exact) mass is 405 g/mol. The van der Waals surface area contributed by atoms with Gasteiger partial charge in [0.2, 0.25) is 0 Å². The van der Waals surface area contributed by atoms with Crippen LogP contribution < -0.4 is 10.6 Å². The third-order valence-electron chi connectivity index (χ3n) is 5.06. The summed E-state index contributed by atoms with van der Waals surface area (Å²) in [7, 11) is 0. The van der Waals surface area contributed by atoms with E-state index in [0.717, 1.165) is 44.6 Å². The smallest absolute Gasteiger partial charge is 0.291 e. The minimum Gasteiger partial charge on any atom is -0.459 e. The number of piperidine rings is 1. The average molecular weight is 406 g/mol. The maximum Gasteiger partial charge on any atom is 0.291 e. The van der Waals surface area contributed by atoms with Crippen LogP contribution in [-0.4, -0.2) is 42.9 Å². The molecule has 2 amide bonds. The normalized spacial score (nSPS) is 14.4. The Balaban J connectivity index is 0.00000280. The molecule has 2 heterocycles. The summed E-state index contributed by atoms with van der Waals surface area (Å²) in [5, 5.41) is 6.22. The fraction of sp³-hybridized carbons (Fsp3) is 0.429. The first-order valence-corrected chi connectivity index (χ1v) is 9.54. The topological polar surface area (TPSA) is 74.6 Å². The summed E-state index contributed by atoms with van der Waals surface area (Å²) in [5.74, 6) is 0.575. The van der Waals surface area contributed by atoms with Gasteiger partial charge in [-0.1, -0.05) is 13.0 Å². The standard InChI is InChI=1S/C21H27N3O3.ClH/c1-3-22-14-16-8-10-24(11-9-16)21(26)17-7-6-15(2)18(13-17)23-20(25)19-5-4-12-27-19;/h4-7,12-13,16,22H,3,8-11,14H2,1-2H3,(H,23,25);1H. The molecule has 0 saturated carbocycles. The van der Waals surface area contributed by atoms with E-state index in [-0.39, 0.29) is 30.0 Å². The maximum atomic E-state index is 12.9. The molecular formula is C21H28ClN3O3. The second-order valence-corrected chi connectivity index (χ2v) is 7.00. The number of anilines is 1. The van der Waals surface area contributed by atoms with Gasteiger partial charge in [-0.3, -0.25) is 9.59 Å². The summed E-state index contributed by atoms with van der Waals surface area (Å²) >= 11 is 0. The molecule has 0 spiro atoms. The molecule has 1 aliphatic rings. The zero-order valence-electron chi connectivity index (χ0n) is 16.4. The van der Waals surface area contributed by atoms with Crippen LogP contribution in [-0.2, 0) is 0 Å². The van der Waals surface area contributed by atoms with Gasteiger partial charge in [0, 0.05) is 24.3 Å². The Morgan fingerprint density at radius 2 is 1.96 bits per heavy atom. The minimum atomic E-state index is -0.322. The number of hydrogen-bond acceptors (Lipinski definition) is 4. The Bertz CT molecular complexity index is 784. The van der Waals surface area contributed by atoms with Crippen LogP contribution in [0.2, 0.25) is 0 Å². The van der Waals surface area contributed by atoms with E-state index in [0.29, 0.717) is 17.2 Å². The zero-order valence-corrected chi connectivity index (χ0v) is 17.2. The van der Waals surface area contributed by atoms with E-state index in [4.69, 9.17) is 4.42 Å². The first-order valence-electron chi connectivity index (χ1n) is 9.54. The molecule has 0 unspecified atom stereocenters. The third-order valence-corrected chi connectivity index (χ3v) is 5.06. The molecule has 0 bridgehead atoms. The highest BCUT2D eigenvalue weighted by molar-refractivity contribution is 6.03. The largest absolute Gasteiger partial charge is 0.459 e. The number of carbonyl (C=O) groups is 2. The van der Waals surface area contributed by atoms with Gasteiger partial charge in [0.15, 0.2) is 5.76 Å². The second-order valence-electron chi connectivity index (χ2n) is 7.00. The summed E-state index contributed by atoms with van der Waals surface area (Å²) in [4.78, 5) is 27.0. The lowest BCUT2D eigenvalue weighted by Gasteiger charge is -2.32. The van der Waals surface area contributed by atoms with Crippen molar-refractivity contribution in [2.75, 3.05) is 31.5 Å². The van der Waals surface area contributed by atoms with Crippen molar-refractivity contribution in [3.63, 3.8) is 0 Å². The van der Waals surface area contributed by atoms with Crippen molar-refractivity contribution in [2.45, 2.75) is 26.7 Å². The van der Waals surface area contributed by atoms with Crippen LogP contribution in [0.15, 0.2) is 41.0 Å². The molecule has 2 N–H and O–H groups in total. The first kappa shape index (κ1) is 22.0. The third kappa shape index (κ3) is 5.36. The molecule has 2 aromatic rings. The van der Waals surface area contributed by atoms with E-state index in [2.05, 4.69) is 17.6 Å². The molecule has 0 atom stereocenters. The van der Waals surface area contributed by atoms with E-state index >= 15 is 0 Å². The van der Waals surface area contributed by atoms with Crippen molar-refractivity contribution in [1.29, 1.82) is 0 Å². The predicted molar refractivity (Wildman–Crippen MR) is 112 cm³/mol. The number of carbonyl (C=O) groups excluding carboxylic acids is 2. The molecule has 1 saturated heterocycles. The van der Waals surface area contributed by atoms with E-state index in [9.17, 15) is 9.59 Å². The van der Waals surface area contributed by atoms with Gasteiger partial charge in [-0.05, 0) is 68.6 Å². The van der Waals surface area contributed by atoms with Gasteiger partial charge in [0.25, 0.3) is 11.8 Å². The Morgan fingerprint density at radius 3 is 2.61 bits per heavy atom. The SMILES string of the molecule is CCNCC1CCN(C(=O)c2ccc(C)c(NC(=O)c3ccco3)c2)CC1.Cl. The Labute approximate surface area is 172 Å². The minimum absolute atomic E-state index is 0. The highest BCUT2D eigenvalue weighted by Gasteiger charge is 2.24. The lowest BCUT2D eigenvalue weighted by Crippen LogP contribution is -2.40. The molecule has 7 heteroatoms. The number of nitrogens with one attached hydrogen (secondary N) is 2. The van der Waals surface area contributed by atoms with Crippen LogP contribution in [0.4, 0.5) is 5.69 Å². The van der Waals surface area contributed by atoms with Crippen LogP contribution >= 0.6 is 12.4 Å². The molecule has 28 heavy (non-hydrogen) atoms. The number of furan rings is 1. The number of halogens is 1. The maximum absolute atomic E-state index is 12.9. The molecule has 1 fully saturated rings. The van der Waals surface area contributed by atoms with Gasteiger partial charge in [-0.15, -0.1) is 12.4 Å². The van der Waals surface area contributed by atoms with Crippen LogP contribution in [0, 0.1) is 12.8 Å². The van der Waals surface area contributed by atoms with Crippen LogP contribution in [0.25, 0.3) is 0 Å². The molecule has 1 aromatic carbocycles. The van der Waals surface area contributed by atoms with Gasteiger partial charge < -0.3 is 20.0 Å². The van der Waals surface area contributed by atoms with Crippen molar-refractivity contribution >= 4 is 29.9 Å². The van der Waals surface area contributed by atoms with Crippen molar-refractivity contribution in [3.8, 4) is 0 Å². The number of amides is 2. The number of nitrogens with zero attached hydrogens (tertiary/aromatic N) is 1. The van der Waals surface area contributed by atoms with Crippen LogP contribution in [0.3, 0.4) is 0 Å². The van der Waals surface area contributed by atoms with Crippen LogP contribution in [0.1, 0.15) is 46.2 Å². The Kier molecular flexibility index (Phi) is 8.08. The van der Waals surface area contributed by atoms with Gasteiger partial charge in [0.1, 0.15) is 0 Å². The molecule has 152 valence electrons. The number of benzene rings is 1. The first-order chi connectivity index (χ1) is 13.1. The number of likely N-dealkylation sites (tertiary alicyclic amines) is 1. The fourth-order valence-corrected chi connectivity index (χ4v) is 3.35. The molecule has 6 nitrogen and oxygen atoms in total. The zero-order chi connectivity index (χ0) is 19.2. The lowest BCUT2D eigenvalue weighted by atomic mass is 9.96. The quantitative estimate of drug-likeness (QED) is 0.768. The van der Waals surface area contributed by atoms with Gasteiger partial charge in [-0.2, -0.15) is 0 Å². The molecule has 0 radical (unpaired) electrons. The number of aryl methyl sites for hydroxylation is 1. The van der Waals surface area contributed by atoms with Crippen molar-refractivity contribution in [1.82, 2.24) is 10.2 Å². The lowest BCUT2D eigenvalue weighted by molar-refractivity contribution is 0.0690. The average Bonchev–Trinajstić information content (AvgIpc) is 3.23. The summed E-state index contributed by atoms with van der Waals surface area (Å²) < 4.78 is 5.13. The van der Waals surface area contributed by atoms with E-state index in [1.54, 1.807) is 18.2 Å². The second kappa shape index (κ2) is 10.3. The Hall–Kier alpha value is -2.31. The van der Waals surface area contributed by atoms with E-state index in [1.807, 2.05) is 24.0 Å². The highest BCUT2D eigenvalue weighted by Crippen LogP contribution is 2.22. The van der Waals surface area contributed by atoms with Crippen molar-refractivity contribution in [2.24, 2.45) is 5.92 Å². The molecule has 1 aromatic heterocycles. The van der Waals surface area contributed by atoms with Crippen molar-refractivity contribution in [3.05, 3.63) is 53.5 Å². The molecule has 1 aliphatic heterocycles. The molecular weight excluding hydrogens is 378 g/mol. The van der Waals surface area contributed by atoms with Gasteiger partial charge in [-0.25, -0.2) is 0 Å². The van der Waals surface area contributed by atoms with E-state index < -0.39 is 0 Å². The number of rotatable bonds is 6. The van der Waals surface area contributed by atoms with Crippen molar-refractivity contribution < 1.29 is 14.0 Å². The van der Waals surface area contributed by atoms with Crippen LogP contribution in [0.5, 0.6) is 0 Å². The predicted octanol–water partition coefficient (Wildman–Crippen LogP) is 3.72. The summed E-state index contributed by atoms with van der Waals surface area (Å²) in [6, 6.07) is 8.72. The van der Waals surface area contributed by atoms with Gasteiger partial charge in [0.05, 0.1) is 6.26 Å². The molecule has 0 aliphatic carbocycles. The Morgan fingerprint density at radius 1 is 1.21 bits per heavy atom. The van der Waals surface area contributed by atoms with E-state index in [1.165, 1.54) is 6.26 Å². The molecule has 3 rings (SSSR count). The fourth-order valence-electron chi connectivity index (χ4n) is 3.35. The summed E-state index contributed by atoms with van der Waals surface area (Å²) in [6.07, 6.45) is 3.50. The highest BCUT2D eigenvalue weighted by atomic mass is 35.5. The summed E-state index contributed by atoms with van der Waals surface area (Å²) in [5.41, 5.74) is 2.13.